The van der Waals surface area contributed by atoms with Gasteiger partial charge in [0.2, 0.25) is 5.91 Å². The summed E-state index contributed by atoms with van der Waals surface area (Å²) in [7, 11) is 0. The number of nitrogens with zero attached hydrogens (tertiary/aromatic N) is 2. The summed E-state index contributed by atoms with van der Waals surface area (Å²) in [6, 6.07) is 0.726. The number of piperidine rings is 1. The lowest BCUT2D eigenvalue weighted by Gasteiger charge is -2.34. The van der Waals surface area contributed by atoms with Crippen molar-refractivity contribution >= 4 is 5.91 Å². The van der Waals surface area contributed by atoms with Gasteiger partial charge in [-0.3, -0.25) is 4.79 Å². The standard InChI is InChI=1S/C16H29N3O/c17-14-7-6-13(11-14)16(20)19-10-4-5-15(19)12-18-8-2-1-3-9-18/h13-15H,1-12,17H2/t13-,14+,15+/m0/s1. The van der Waals surface area contributed by atoms with E-state index in [1.54, 1.807) is 0 Å². The maximum absolute atomic E-state index is 12.7. The highest BCUT2D eigenvalue weighted by atomic mass is 16.2. The summed E-state index contributed by atoms with van der Waals surface area (Å²) in [6.45, 7) is 4.53. The SMILES string of the molecule is N[C@@H]1CC[C@H](C(=O)N2CCC[C@@H]2CN2CCCCC2)C1. The van der Waals surface area contributed by atoms with Gasteiger partial charge in [0.15, 0.2) is 0 Å². The average molecular weight is 279 g/mol. The van der Waals surface area contributed by atoms with Crippen LogP contribution in [0.1, 0.15) is 51.4 Å². The maximum atomic E-state index is 12.7. The molecule has 0 bridgehead atoms. The second kappa shape index (κ2) is 6.44. The lowest BCUT2D eigenvalue weighted by Crippen LogP contribution is -2.46. The molecule has 2 saturated heterocycles. The zero-order chi connectivity index (χ0) is 13.9. The highest BCUT2D eigenvalue weighted by Crippen LogP contribution is 2.29. The molecule has 0 radical (unpaired) electrons. The third-order valence-corrected chi connectivity index (χ3v) is 5.40. The molecule has 3 fully saturated rings. The molecule has 0 unspecified atom stereocenters. The minimum absolute atomic E-state index is 0.215. The van der Waals surface area contributed by atoms with E-state index >= 15 is 0 Å². The normalized spacial score (nSPS) is 35.6. The Morgan fingerprint density at radius 2 is 1.80 bits per heavy atom. The Labute approximate surface area is 122 Å². The van der Waals surface area contributed by atoms with Gasteiger partial charge in [-0.1, -0.05) is 6.42 Å². The van der Waals surface area contributed by atoms with E-state index in [-0.39, 0.29) is 12.0 Å². The van der Waals surface area contributed by atoms with Crippen molar-refractivity contribution in [1.29, 1.82) is 0 Å². The van der Waals surface area contributed by atoms with Gasteiger partial charge in [-0.05, 0) is 58.0 Å². The number of carbonyl (C=O) groups is 1. The zero-order valence-electron chi connectivity index (χ0n) is 12.6. The quantitative estimate of drug-likeness (QED) is 0.853. The van der Waals surface area contributed by atoms with Crippen molar-refractivity contribution in [2.75, 3.05) is 26.2 Å². The molecule has 3 atom stereocenters. The molecule has 4 heteroatoms. The molecule has 0 spiro atoms. The fraction of sp³-hybridized carbons (Fsp3) is 0.938. The molecule has 2 N–H and O–H groups in total. The molecule has 2 aliphatic heterocycles. The molecule has 0 aromatic carbocycles. The molecule has 4 nitrogen and oxygen atoms in total. The summed E-state index contributed by atoms with van der Waals surface area (Å²) in [5, 5.41) is 0. The molecule has 0 aromatic rings. The van der Waals surface area contributed by atoms with Gasteiger partial charge >= 0.3 is 0 Å². The lowest BCUT2D eigenvalue weighted by molar-refractivity contribution is -0.136. The molecular weight excluding hydrogens is 250 g/mol. The van der Waals surface area contributed by atoms with Crippen molar-refractivity contribution in [3.63, 3.8) is 0 Å². The van der Waals surface area contributed by atoms with Crippen LogP contribution in [0, 0.1) is 5.92 Å². The Bertz CT molecular complexity index is 341. The molecule has 1 saturated carbocycles. The van der Waals surface area contributed by atoms with Gasteiger partial charge in [-0.25, -0.2) is 0 Å². The number of rotatable bonds is 3. The minimum Gasteiger partial charge on any atom is -0.338 e. The van der Waals surface area contributed by atoms with E-state index in [4.69, 9.17) is 5.73 Å². The van der Waals surface area contributed by atoms with E-state index in [1.165, 1.54) is 45.2 Å². The van der Waals surface area contributed by atoms with E-state index < -0.39 is 0 Å². The smallest absolute Gasteiger partial charge is 0.226 e. The Hall–Kier alpha value is -0.610. The summed E-state index contributed by atoms with van der Waals surface area (Å²) in [5.74, 6) is 0.615. The van der Waals surface area contributed by atoms with Crippen LogP contribution in [0.15, 0.2) is 0 Å². The van der Waals surface area contributed by atoms with Crippen LogP contribution >= 0.6 is 0 Å². The van der Waals surface area contributed by atoms with Gasteiger partial charge in [0.1, 0.15) is 0 Å². The second-order valence-electron chi connectivity index (χ2n) is 6.96. The summed E-state index contributed by atoms with van der Waals surface area (Å²) in [4.78, 5) is 17.5. The number of likely N-dealkylation sites (tertiary alicyclic amines) is 2. The Balaban J connectivity index is 1.55. The molecule has 1 amide bonds. The van der Waals surface area contributed by atoms with Gasteiger partial charge in [-0.2, -0.15) is 0 Å². The minimum atomic E-state index is 0.215. The first-order valence-electron chi connectivity index (χ1n) is 8.52. The first kappa shape index (κ1) is 14.3. The van der Waals surface area contributed by atoms with Crippen LogP contribution < -0.4 is 5.73 Å². The van der Waals surface area contributed by atoms with E-state index in [0.29, 0.717) is 11.9 Å². The molecule has 1 aliphatic carbocycles. The highest BCUT2D eigenvalue weighted by molar-refractivity contribution is 5.79. The van der Waals surface area contributed by atoms with Gasteiger partial charge < -0.3 is 15.5 Å². The number of carbonyl (C=O) groups excluding carboxylic acids is 1. The maximum Gasteiger partial charge on any atom is 0.226 e. The van der Waals surface area contributed by atoms with Crippen LogP contribution in [0.2, 0.25) is 0 Å². The summed E-state index contributed by atoms with van der Waals surface area (Å²) in [5.41, 5.74) is 5.97. The molecule has 20 heavy (non-hydrogen) atoms. The van der Waals surface area contributed by atoms with E-state index in [9.17, 15) is 4.79 Å². The van der Waals surface area contributed by atoms with Gasteiger partial charge in [0.25, 0.3) is 0 Å². The number of hydrogen-bond acceptors (Lipinski definition) is 3. The van der Waals surface area contributed by atoms with E-state index in [1.807, 2.05) is 0 Å². The highest BCUT2D eigenvalue weighted by Gasteiger charge is 2.36. The summed E-state index contributed by atoms with van der Waals surface area (Å²) >= 11 is 0. The molecular formula is C16H29N3O. The van der Waals surface area contributed by atoms with Crippen LogP contribution in [0.4, 0.5) is 0 Å². The largest absolute Gasteiger partial charge is 0.338 e. The first-order valence-corrected chi connectivity index (χ1v) is 8.52. The third-order valence-electron chi connectivity index (χ3n) is 5.40. The molecule has 3 aliphatic rings. The fourth-order valence-electron chi connectivity index (χ4n) is 4.23. The fourth-order valence-corrected chi connectivity index (χ4v) is 4.23. The second-order valence-corrected chi connectivity index (χ2v) is 6.96. The van der Waals surface area contributed by atoms with Crippen LogP contribution in [-0.2, 0) is 4.79 Å². The van der Waals surface area contributed by atoms with Crippen molar-refractivity contribution in [3.8, 4) is 0 Å². The zero-order valence-corrected chi connectivity index (χ0v) is 12.6. The number of hydrogen-bond donors (Lipinski definition) is 1. The van der Waals surface area contributed by atoms with E-state index in [2.05, 4.69) is 9.80 Å². The Morgan fingerprint density at radius 3 is 2.50 bits per heavy atom. The molecule has 114 valence electrons. The Kier molecular flexibility index (Phi) is 4.61. The van der Waals surface area contributed by atoms with Crippen LogP contribution in [0.25, 0.3) is 0 Å². The van der Waals surface area contributed by atoms with Crippen molar-refractivity contribution < 1.29 is 4.79 Å². The molecule has 0 aromatic heterocycles. The first-order chi connectivity index (χ1) is 9.74. The number of nitrogens with two attached hydrogens (primary N) is 1. The van der Waals surface area contributed by atoms with Crippen LogP contribution in [0.3, 0.4) is 0 Å². The predicted molar refractivity (Wildman–Crippen MR) is 80.3 cm³/mol. The lowest BCUT2D eigenvalue weighted by atomic mass is 10.0. The molecule has 3 rings (SSSR count). The third kappa shape index (κ3) is 3.17. The van der Waals surface area contributed by atoms with Crippen LogP contribution in [0.5, 0.6) is 0 Å². The summed E-state index contributed by atoms with van der Waals surface area (Å²) in [6.07, 6.45) is 9.36. The van der Waals surface area contributed by atoms with Crippen molar-refractivity contribution in [2.45, 2.75) is 63.5 Å². The number of amides is 1. The Morgan fingerprint density at radius 1 is 1.00 bits per heavy atom. The van der Waals surface area contributed by atoms with Gasteiger partial charge in [-0.15, -0.1) is 0 Å². The predicted octanol–water partition coefficient (Wildman–Crippen LogP) is 1.59. The average Bonchev–Trinajstić information content (AvgIpc) is 3.08. The van der Waals surface area contributed by atoms with Crippen LogP contribution in [-0.4, -0.2) is 54.0 Å². The topological polar surface area (TPSA) is 49.6 Å². The van der Waals surface area contributed by atoms with Crippen molar-refractivity contribution in [2.24, 2.45) is 11.7 Å². The monoisotopic (exact) mass is 279 g/mol. The molecule has 2 heterocycles. The van der Waals surface area contributed by atoms with E-state index in [0.717, 1.165) is 32.4 Å². The van der Waals surface area contributed by atoms with Gasteiger partial charge in [0, 0.05) is 31.1 Å². The van der Waals surface area contributed by atoms with Gasteiger partial charge in [0.05, 0.1) is 0 Å². The summed E-state index contributed by atoms with van der Waals surface area (Å²) < 4.78 is 0. The van der Waals surface area contributed by atoms with Crippen molar-refractivity contribution in [1.82, 2.24) is 9.80 Å². The van der Waals surface area contributed by atoms with Crippen molar-refractivity contribution in [3.05, 3.63) is 0 Å².